The fourth-order valence-corrected chi connectivity index (χ4v) is 1.73. The summed E-state index contributed by atoms with van der Waals surface area (Å²) >= 11 is 0. The lowest BCUT2D eigenvalue weighted by Gasteiger charge is -2.15. The summed E-state index contributed by atoms with van der Waals surface area (Å²) in [6.07, 6.45) is 0.177. The number of aliphatic hydroxyl groups excluding tert-OH is 1. The topological polar surface area (TPSA) is 102 Å². The maximum Gasteiger partial charge on any atom is 0.276 e. The lowest BCUT2D eigenvalue weighted by Crippen LogP contribution is -2.37. The number of nitrogens with zero attached hydrogens (tertiary/aromatic N) is 1. The fraction of sp³-hybridized carbons (Fsp3) is 0.417. The zero-order chi connectivity index (χ0) is 14.4. The summed E-state index contributed by atoms with van der Waals surface area (Å²) in [7, 11) is 1.42. The lowest BCUT2D eigenvalue weighted by atomic mass is 10.0. The third-order valence-corrected chi connectivity index (χ3v) is 2.58. The highest BCUT2D eigenvalue weighted by Gasteiger charge is 2.19. The monoisotopic (exact) mass is 268 g/mol. The normalized spacial score (nSPS) is 11.7. The SMILES string of the molecule is COc1ccc(C[C@@H](CO)NC(C)=O)c([N+](=O)[O-])c1. The van der Waals surface area contributed by atoms with Crippen molar-refractivity contribution in [3.63, 3.8) is 0 Å². The average molecular weight is 268 g/mol. The fourth-order valence-electron chi connectivity index (χ4n) is 1.73. The Morgan fingerprint density at radius 3 is 2.74 bits per heavy atom. The molecule has 0 spiro atoms. The predicted molar refractivity (Wildman–Crippen MR) is 68.0 cm³/mol. The van der Waals surface area contributed by atoms with E-state index < -0.39 is 11.0 Å². The summed E-state index contributed by atoms with van der Waals surface area (Å²) in [5.74, 6) is 0.0886. The van der Waals surface area contributed by atoms with Gasteiger partial charge in [0.25, 0.3) is 5.69 Å². The molecule has 19 heavy (non-hydrogen) atoms. The molecule has 0 bridgehead atoms. The van der Waals surface area contributed by atoms with E-state index in [0.29, 0.717) is 11.3 Å². The number of carbonyl (C=O) groups excluding carboxylic acids is 1. The molecule has 0 aliphatic carbocycles. The molecule has 0 heterocycles. The molecule has 7 nitrogen and oxygen atoms in total. The van der Waals surface area contributed by atoms with Crippen LogP contribution >= 0.6 is 0 Å². The molecule has 1 rings (SSSR count). The first-order valence-corrected chi connectivity index (χ1v) is 5.67. The second-order valence-electron chi connectivity index (χ2n) is 4.04. The van der Waals surface area contributed by atoms with Crippen molar-refractivity contribution in [2.24, 2.45) is 0 Å². The van der Waals surface area contributed by atoms with Crippen molar-refractivity contribution in [3.8, 4) is 5.75 Å². The van der Waals surface area contributed by atoms with Crippen LogP contribution in [-0.4, -0.2) is 35.7 Å². The summed E-state index contributed by atoms with van der Waals surface area (Å²) in [4.78, 5) is 21.4. The molecule has 1 aromatic rings. The predicted octanol–water partition coefficient (Wildman–Crippen LogP) is 0.643. The van der Waals surface area contributed by atoms with E-state index in [9.17, 15) is 14.9 Å². The number of methoxy groups -OCH3 is 1. The Labute approximate surface area is 110 Å². The Morgan fingerprint density at radius 1 is 1.58 bits per heavy atom. The molecule has 7 heteroatoms. The zero-order valence-electron chi connectivity index (χ0n) is 10.8. The summed E-state index contributed by atoms with van der Waals surface area (Å²) < 4.78 is 4.93. The van der Waals surface area contributed by atoms with Crippen LogP contribution in [0.5, 0.6) is 5.75 Å². The van der Waals surface area contributed by atoms with Gasteiger partial charge >= 0.3 is 0 Å². The first-order valence-electron chi connectivity index (χ1n) is 5.67. The van der Waals surface area contributed by atoms with Gasteiger partial charge in [0, 0.05) is 18.9 Å². The summed E-state index contributed by atoms with van der Waals surface area (Å²) in [5, 5.41) is 22.7. The van der Waals surface area contributed by atoms with Crippen LogP contribution in [0.25, 0.3) is 0 Å². The second kappa shape index (κ2) is 6.69. The Morgan fingerprint density at radius 2 is 2.26 bits per heavy atom. The van der Waals surface area contributed by atoms with Crippen LogP contribution in [0, 0.1) is 10.1 Å². The van der Waals surface area contributed by atoms with Gasteiger partial charge in [-0.3, -0.25) is 14.9 Å². The Hall–Kier alpha value is -2.15. The van der Waals surface area contributed by atoms with Gasteiger partial charge in [-0.2, -0.15) is 0 Å². The molecule has 0 radical (unpaired) electrons. The van der Waals surface area contributed by atoms with Gasteiger partial charge < -0.3 is 15.2 Å². The van der Waals surface area contributed by atoms with Crippen LogP contribution in [0.2, 0.25) is 0 Å². The minimum Gasteiger partial charge on any atom is -0.497 e. The Balaban J connectivity index is 2.98. The van der Waals surface area contributed by atoms with Gasteiger partial charge in [-0.25, -0.2) is 0 Å². The van der Waals surface area contributed by atoms with Gasteiger partial charge in [-0.15, -0.1) is 0 Å². The molecule has 2 N–H and O–H groups in total. The Kier molecular flexibility index (Phi) is 5.25. The number of nitrogens with one attached hydrogen (secondary N) is 1. The molecule has 0 aliphatic heterocycles. The van der Waals surface area contributed by atoms with Crippen LogP contribution in [0.1, 0.15) is 12.5 Å². The molecule has 1 atom stereocenters. The number of ether oxygens (including phenoxy) is 1. The molecular weight excluding hydrogens is 252 g/mol. The first kappa shape index (κ1) is 14.9. The maximum absolute atomic E-state index is 11.0. The van der Waals surface area contributed by atoms with Crippen molar-refractivity contribution < 1.29 is 19.6 Å². The molecular formula is C12H16N2O5. The number of hydrogen-bond acceptors (Lipinski definition) is 5. The van der Waals surface area contributed by atoms with Crippen molar-refractivity contribution in [2.75, 3.05) is 13.7 Å². The number of hydrogen-bond donors (Lipinski definition) is 2. The van der Waals surface area contributed by atoms with Crippen LogP contribution in [0.4, 0.5) is 5.69 Å². The van der Waals surface area contributed by atoms with Gasteiger partial charge in [-0.1, -0.05) is 0 Å². The van der Waals surface area contributed by atoms with Crippen LogP contribution in [0.3, 0.4) is 0 Å². The maximum atomic E-state index is 11.0. The van der Waals surface area contributed by atoms with E-state index in [1.807, 2.05) is 0 Å². The van der Waals surface area contributed by atoms with Crippen molar-refractivity contribution >= 4 is 11.6 Å². The number of nitro groups is 1. The molecule has 0 aromatic heterocycles. The number of carbonyl (C=O) groups is 1. The highest BCUT2D eigenvalue weighted by atomic mass is 16.6. The summed E-state index contributed by atoms with van der Waals surface area (Å²) in [6, 6.07) is 3.92. The van der Waals surface area contributed by atoms with Crippen molar-refractivity contribution in [2.45, 2.75) is 19.4 Å². The lowest BCUT2D eigenvalue weighted by molar-refractivity contribution is -0.385. The molecule has 0 unspecified atom stereocenters. The van der Waals surface area contributed by atoms with Crippen LogP contribution < -0.4 is 10.1 Å². The molecule has 0 saturated carbocycles. The van der Waals surface area contributed by atoms with Gasteiger partial charge in [0.05, 0.1) is 30.7 Å². The van der Waals surface area contributed by atoms with Gasteiger partial charge in [0.2, 0.25) is 5.91 Å². The van der Waals surface area contributed by atoms with E-state index in [4.69, 9.17) is 9.84 Å². The van der Waals surface area contributed by atoms with E-state index in [1.165, 1.54) is 20.1 Å². The van der Waals surface area contributed by atoms with E-state index in [1.54, 1.807) is 12.1 Å². The quantitative estimate of drug-likeness (QED) is 0.582. The number of rotatable bonds is 6. The van der Waals surface area contributed by atoms with Gasteiger partial charge in [0.15, 0.2) is 0 Å². The van der Waals surface area contributed by atoms with Gasteiger partial charge in [-0.05, 0) is 12.1 Å². The van der Waals surface area contributed by atoms with E-state index in [2.05, 4.69) is 5.32 Å². The standard InChI is InChI=1S/C12H16N2O5/c1-8(16)13-10(7-15)5-9-3-4-11(19-2)6-12(9)14(17)18/h3-4,6,10,15H,5,7H2,1-2H3,(H,13,16)/t10-/m0/s1. The number of aliphatic hydroxyl groups is 1. The molecule has 1 amide bonds. The van der Waals surface area contributed by atoms with E-state index >= 15 is 0 Å². The van der Waals surface area contributed by atoms with Crippen LogP contribution in [0.15, 0.2) is 18.2 Å². The third-order valence-electron chi connectivity index (χ3n) is 2.58. The summed E-state index contributed by atoms with van der Waals surface area (Å²) in [6.45, 7) is 1.04. The van der Waals surface area contributed by atoms with Gasteiger partial charge in [0.1, 0.15) is 5.75 Å². The number of nitro benzene ring substituents is 1. The average Bonchev–Trinajstić information content (AvgIpc) is 2.37. The van der Waals surface area contributed by atoms with E-state index in [0.717, 1.165) is 0 Å². The minimum atomic E-state index is -0.551. The van der Waals surface area contributed by atoms with Crippen molar-refractivity contribution in [1.29, 1.82) is 0 Å². The number of amides is 1. The largest absolute Gasteiger partial charge is 0.497 e. The molecule has 0 aliphatic rings. The smallest absolute Gasteiger partial charge is 0.276 e. The highest BCUT2D eigenvalue weighted by molar-refractivity contribution is 5.73. The molecule has 0 fully saturated rings. The zero-order valence-corrected chi connectivity index (χ0v) is 10.8. The van der Waals surface area contributed by atoms with Crippen LogP contribution in [-0.2, 0) is 11.2 Å². The molecule has 0 saturated heterocycles. The van der Waals surface area contributed by atoms with Crippen molar-refractivity contribution in [3.05, 3.63) is 33.9 Å². The number of benzene rings is 1. The molecule has 104 valence electrons. The third kappa shape index (κ3) is 4.22. The summed E-state index contributed by atoms with van der Waals surface area (Å²) in [5.41, 5.74) is 0.335. The highest BCUT2D eigenvalue weighted by Crippen LogP contribution is 2.25. The first-order chi connectivity index (χ1) is 8.97. The van der Waals surface area contributed by atoms with Crippen molar-refractivity contribution in [1.82, 2.24) is 5.32 Å². The second-order valence-corrected chi connectivity index (χ2v) is 4.04. The minimum absolute atomic E-state index is 0.0943. The molecule has 1 aromatic carbocycles. The Bertz CT molecular complexity index is 475. The van der Waals surface area contributed by atoms with E-state index in [-0.39, 0.29) is 24.6 Å².